The van der Waals surface area contributed by atoms with Gasteiger partial charge in [0.25, 0.3) is 0 Å². The maximum Gasteiger partial charge on any atom is 0.335 e. The van der Waals surface area contributed by atoms with Gasteiger partial charge in [0.2, 0.25) is 0 Å². The first-order valence-electron chi connectivity index (χ1n) is 5.58. The van der Waals surface area contributed by atoms with Crippen molar-refractivity contribution < 1.29 is 9.90 Å². The highest BCUT2D eigenvalue weighted by Crippen LogP contribution is 2.30. The third kappa shape index (κ3) is 3.40. The van der Waals surface area contributed by atoms with Crippen LogP contribution in [0.2, 0.25) is 10.0 Å². The quantitative estimate of drug-likeness (QED) is 0.884. The minimum Gasteiger partial charge on any atom is -0.478 e. The van der Waals surface area contributed by atoms with Gasteiger partial charge in [0, 0.05) is 6.54 Å². The molecule has 2 N–H and O–H groups in total. The number of benzene rings is 2. The lowest BCUT2D eigenvalue weighted by Crippen LogP contribution is -2.03. The van der Waals surface area contributed by atoms with Crippen molar-refractivity contribution in [3.05, 3.63) is 63.6 Å². The van der Waals surface area contributed by atoms with Gasteiger partial charge in [0.05, 0.1) is 21.3 Å². The second-order valence-corrected chi connectivity index (χ2v) is 4.77. The summed E-state index contributed by atoms with van der Waals surface area (Å²) in [5.41, 5.74) is 1.74. The molecular weight excluding hydrogens is 285 g/mol. The Morgan fingerprint density at radius 2 is 1.74 bits per heavy atom. The molecule has 0 bridgehead atoms. The van der Waals surface area contributed by atoms with Crippen LogP contribution >= 0.6 is 23.2 Å². The Labute approximate surface area is 120 Å². The Bertz CT molecular complexity index is 594. The highest BCUT2D eigenvalue weighted by molar-refractivity contribution is 6.39. The minimum atomic E-state index is -0.947. The summed E-state index contributed by atoms with van der Waals surface area (Å²) in [6, 6.07) is 11.9. The van der Waals surface area contributed by atoms with Gasteiger partial charge in [-0.25, -0.2) is 4.79 Å². The molecule has 0 heterocycles. The van der Waals surface area contributed by atoms with Crippen LogP contribution in [0.15, 0.2) is 42.5 Å². The standard InChI is InChI=1S/C14H11Cl2NO2/c15-11-5-2-6-12(16)13(11)17-8-9-3-1-4-10(7-9)14(18)19/h1-7,17H,8H2,(H,18,19). The molecule has 0 saturated carbocycles. The molecule has 98 valence electrons. The lowest BCUT2D eigenvalue weighted by atomic mass is 10.1. The van der Waals surface area contributed by atoms with Gasteiger partial charge in [-0.2, -0.15) is 0 Å². The van der Waals surface area contributed by atoms with Crippen molar-refractivity contribution in [1.29, 1.82) is 0 Å². The van der Waals surface area contributed by atoms with Gasteiger partial charge in [0.15, 0.2) is 0 Å². The maximum atomic E-state index is 10.9. The summed E-state index contributed by atoms with van der Waals surface area (Å²) in [6.45, 7) is 0.449. The van der Waals surface area contributed by atoms with Crippen LogP contribution in [0, 0.1) is 0 Å². The minimum absolute atomic E-state index is 0.254. The molecule has 0 aliphatic rings. The fourth-order valence-corrected chi connectivity index (χ4v) is 2.20. The van der Waals surface area contributed by atoms with Gasteiger partial charge < -0.3 is 10.4 Å². The smallest absolute Gasteiger partial charge is 0.335 e. The molecule has 0 saturated heterocycles. The van der Waals surface area contributed by atoms with E-state index in [1.54, 1.807) is 36.4 Å². The highest BCUT2D eigenvalue weighted by atomic mass is 35.5. The van der Waals surface area contributed by atoms with Gasteiger partial charge in [-0.05, 0) is 29.8 Å². The average Bonchev–Trinajstić information content (AvgIpc) is 2.38. The average molecular weight is 296 g/mol. The van der Waals surface area contributed by atoms with Crippen molar-refractivity contribution in [3.8, 4) is 0 Å². The van der Waals surface area contributed by atoms with Crippen molar-refractivity contribution in [2.75, 3.05) is 5.32 Å². The second kappa shape index (κ2) is 5.95. The van der Waals surface area contributed by atoms with Gasteiger partial charge >= 0.3 is 5.97 Å². The van der Waals surface area contributed by atoms with Crippen molar-refractivity contribution in [3.63, 3.8) is 0 Å². The molecule has 2 aromatic carbocycles. The first-order chi connectivity index (χ1) is 9.08. The van der Waals surface area contributed by atoms with E-state index in [1.165, 1.54) is 0 Å². The van der Waals surface area contributed by atoms with E-state index in [9.17, 15) is 4.79 Å². The summed E-state index contributed by atoms with van der Waals surface area (Å²) < 4.78 is 0. The predicted octanol–water partition coefficient (Wildman–Crippen LogP) is 4.30. The molecule has 0 fully saturated rings. The van der Waals surface area contributed by atoms with E-state index in [2.05, 4.69) is 5.32 Å². The zero-order valence-electron chi connectivity index (χ0n) is 9.86. The van der Waals surface area contributed by atoms with E-state index >= 15 is 0 Å². The molecule has 2 rings (SSSR count). The van der Waals surface area contributed by atoms with Crippen LogP contribution in [0.4, 0.5) is 5.69 Å². The number of hydrogen-bond donors (Lipinski definition) is 2. The third-order valence-corrected chi connectivity index (χ3v) is 3.24. The Balaban J connectivity index is 2.15. The van der Waals surface area contributed by atoms with Crippen LogP contribution < -0.4 is 5.32 Å². The zero-order chi connectivity index (χ0) is 13.8. The van der Waals surface area contributed by atoms with Crippen molar-refractivity contribution in [1.82, 2.24) is 0 Å². The normalized spacial score (nSPS) is 10.2. The molecule has 3 nitrogen and oxygen atoms in total. The number of halogens is 2. The van der Waals surface area contributed by atoms with E-state index in [4.69, 9.17) is 28.3 Å². The number of carbonyl (C=O) groups is 1. The third-order valence-electron chi connectivity index (χ3n) is 2.61. The lowest BCUT2D eigenvalue weighted by molar-refractivity contribution is 0.0697. The van der Waals surface area contributed by atoms with Gasteiger partial charge in [-0.3, -0.25) is 0 Å². The Kier molecular flexibility index (Phi) is 4.30. The van der Waals surface area contributed by atoms with Gasteiger partial charge in [0.1, 0.15) is 0 Å². The number of carboxylic acid groups (broad SMARTS) is 1. The van der Waals surface area contributed by atoms with Gasteiger partial charge in [-0.15, -0.1) is 0 Å². The highest BCUT2D eigenvalue weighted by Gasteiger charge is 2.06. The van der Waals surface area contributed by atoms with E-state index in [0.29, 0.717) is 22.3 Å². The van der Waals surface area contributed by atoms with Crippen LogP contribution in [-0.2, 0) is 6.54 Å². The van der Waals surface area contributed by atoms with E-state index < -0.39 is 5.97 Å². The molecule has 0 amide bonds. The van der Waals surface area contributed by atoms with Crippen molar-refractivity contribution in [2.24, 2.45) is 0 Å². The molecule has 0 atom stereocenters. The van der Waals surface area contributed by atoms with Crippen molar-refractivity contribution >= 4 is 34.9 Å². The molecule has 0 radical (unpaired) electrons. The molecular formula is C14H11Cl2NO2. The molecule has 5 heteroatoms. The number of nitrogens with one attached hydrogen (secondary N) is 1. The van der Waals surface area contributed by atoms with Crippen LogP contribution in [0.3, 0.4) is 0 Å². The molecule has 19 heavy (non-hydrogen) atoms. The topological polar surface area (TPSA) is 49.3 Å². The lowest BCUT2D eigenvalue weighted by Gasteiger charge is -2.10. The summed E-state index contributed by atoms with van der Waals surface area (Å²) in [4.78, 5) is 10.9. The number of carboxylic acids is 1. The van der Waals surface area contributed by atoms with Crippen LogP contribution in [0.1, 0.15) is 15.9 Å². The Morgan fingerprint density at radius 1 is 1.11 bits per heavy atom. The molecule has 0 aromatic heterocycles. The SMILES string of the molecule is O=C(O)c1cccc(CNc2c(Cl)cccc2Cl)c1. The summed E-state index contributed by atoms with van der Waals surface area (Å²) in [7, 11) is 0. The van der Waals surface area contributed by atoms with E-state index in [1.807, 2.05) is 6.07 Å². The number of hydrogen-bond acceptors (Lipinski definition) is 2. The van der Waals surface area contributed by atoms with Gasteiger partial charge in [-0.1, -0.05) is 41.4 Å². The predicted molar refractivity (Wildman–Crippen MR) is 77.2 cm³/mol. The zero-order valence-corrected chi connectivity index (χ0v) is 11.4. The molecule has 0 aliphatic carbocycles. The number of rotatable bonds is 4. The maximum absolute atomic E-state index is 10.9. The van der Waals surface area contributed by atoms with Crippen LogP contribution in [0.25, 0.3) is 0 Å². The summed E-state index contributed by atoms with van der Waals surface area (Å²) in [5, 5.41) is 13.1. The molecule has 0 aliphatic heterocycles. The number of aromatic carboxylic acids is 1. The van der Waals surface area contributed by atoms with E-state index in [0.717, 1.165) is 5.56 Å². The van der Waals surface area contributed by atoms with E-state index in [-0.39, 0.29) is 5.56 Å². The number of anilines is 1. The fourth-order valence-electron chi connectivity index (χ4n) is 1.67. The fraction of sp³-hybridized carbons (Fsp3) is 0.0714. The largest absolute Gasteiger partial charge is 0.478 e. The first-order valence-corrected chi connectivity index (χ1v) is 6.33. The second-order valence-electron chi connectivity index (χ2n) is 3.96. The summed E-state index contributed by atoms with van der Waals surface area (Å²) in [6.07, 6.45) is 0. The molecule has 0 spiro atoms. The monoisotopic (exact) mass is 295 g/mol. The van der Waals surface area contributed by atoms with Crippen molar-refractivity contribution in [2.45, 2.75) is 6.54 Å². The first kappa shape index (κ1) is 13.7. The number of para-hydroxylation sites is 1. The molecule has 2 aromatic rings. The Hall–Kier alpha value is -1.71. The summed E-state index contributed by atoms with van der Waals surface area (Å²) >= 11 is 12.1. The van der Waals surface area contributed by atoms with Crippen LogP contribution in [-0.4, -0.2) is 11.1 Å². The van der Waals surface area contributed by atoms with Crippen LogP contribution in [0.5, 0.6) is 0 Å². The Morgan fingerprint density at radius 3 is 2.37 bits per heavy atom. The summed E-state index contributed by atoms with van der Waals surface area (Å²) in [5.74, 6) is -0.947. The molecule has 0 unspecified atom stereocenters.